The molecule has 1 heteroatoms. The fourth-order valence-corrected chi connectivity index (χ4v) is 2.74. The van der Waals surface area contributed by atoms with Crippen molar-refractivity contribution in [1.29, 1.82) is 0 Å². The summed E-state index contributed by atoms with van der Waals surface area (Å²) in [6.07, 6.45) is 10.1. The number of unbranched alkanes of at least 4 members (excludes halogenated alkanes) is 4. The molecule has 0 radical (unpaired) electrons. The normalized spacial score (nSPS) is 24.6. The molecular weight excluding hydrogens is 182 g/mol. The minimum atomic E-state index is 0.955. The molecule has 0 aromatic heterocycles. The van der Waals surface area contributed by atoms with Gasteiger partial charge in [-0.15, -0.1) is 0 Å². The van der Waals surface area contributed by atoms with E-state index in [-0.39, 0.29) is 0 Å². The molecule has 1 heterocycles. The molecule has 0 amide bonds. The number of nitrogens with zero attached hydrogens (tertiary/aromatic N) is 1. The summed E-state index contributed by atoms with van der Waals surface area (Å²) in [5.74, 6) is 1.94. The molecule has 0 spiro atoms. The first-order chi connectivity index (χ1) is 7.24. The lowest BCUT2D eigenvalue weighted by atomic mass is 9.88. The predicted octanol–water partition coefficient (Wildman–Crippen LogP) is 3.93. The Hall–Kier alpha value is -0.0400. The van der Waals surface area contributed by atoms with E-state index in [9.17, 15) is 0 Å². The molecular formula is C14H29N. The van der Waals surface area contributed by atoms with Gasteiger partial charge in [0, 0.05) is 6.54 Å². The zero-order valence-corrected chi connectivity index (χ0v) is 11.0. The molecule has 1 fully saturated rings. The second kappa shape index (κ2) is 7.27. The molecule has 0 bridgehead atoms. The number of hydrogen-bond acceptors (Lipinski definition) is 1. The maximum atomic E-state index is 2.48. The van der Waals surface area contributed by atoms with Crippen LogP contribution in [0.25, 0.3) is 0 Å². The lowest BCUT2D eigenvalue weighted by molar-refractivity contribution is 0.315. The van der Waals surface area contributed by atoms with Gasteiger partial charge >= 0.3 is 0 Å². The van der Waals surface area contributed by atoms with Gasteiger partial charge < -0.3 is 4.90 Å². The van der Waals surface area contributed by atoms with E-state index >= 15 is 0 Å². The first-order valence-corrected chi connectivity index (χ1v) is 6.92. The van der Waals surface area contributed by atoms with E-state index in [1.165, 1.54) is 58.0 Å². The Balaban J connectivity index is 2.00. The zero-order chi connectivity index (χ0) is 11.1. The van der Waals surface area contributed by atoms with Crippen LogP contribution in [0.4, 0.5) is 0 Å². The highest BCUT2D eigenvalue weighted by molar-refractivity contribution is 4.77. The van der Waals surface area contributed by atoms with E-state index in [4.69, 9.17) is 0 Å². The van der Waals surface area contributed by atoms with Crippen molar-refractivity contribution in [3.05, 3.63) is 0 Å². The van der Waals surface area contributed by atoms with Crippen molar-refractivity contribution in [3.63, 3.8) is 0 Å². The van der Waals surface area contributed by atoms with Crippen molar-refractivity contribution < 1.29 is 0 Å². The standard InChI is InChI=1S/C14H29N/c1-4-5-6-7-8-9-13(2)14-10-11-15(3)12-14/h13-14H,4-12H2,1-3H3. The molecule has 1 aliphatic heterocycles. The van der Waals surface area contributed by atoms with Crippen LogP contribution in [0.15, 0.2) is 0 Å². The summed E-state index contributed by atoms with van der Waals surface area (Å²) >= 11 is 0. The van der Waals surface area contributed by atoms with Crippen LogP contribution in [0.2, 0.25) is 0 Å². The summed E-state index contributed by atoms with van der Waals surface area (Å²) in [5, 5.41) is 0. The SMILES string of the molecule is CCCCCCCC(C)C1CCN(C)C1. The molecule has 2 atom stereocenters. The van der Waals surface area contributed by atoms with Gasteiger partial charge in [-0.3, -0.25) is 0 Å². The van der Waals surface area contributed by atoms with E-state index in [1.807, 2.05) is 0 Å². The first kappa shape index (κ1) is 13.0. The molecule has 1 rings (SSSR count). The molecule has 0 saturated carbocycles. The van der Waals surface area contributed by atoms with Crippen molar-refractivity contribution >= 4 is 0 Å². The van der Waals surface area contributed by atoms with Crippen molar-refractivity contribution in [2.45, 2.75) is 58.8 Å². The van der Waals surface area contributed by atoms with Crippen molar-refractivity contribution in [2.75, 3.05) is 20.1 Å². The lowest BCUT2D eigenvalue weighted by Gasteiger charge is -2.18. The van der Waals surface area contributed by atoms with Gasteiger partial charge in [0.25, 0.3) is 0 Å². The van der Waals surface area contributed by atoms with Crippen LogP contribution in [-0.4, -0.2) is 25.0 Å². The molecule has 1 nitrogen and oxygen atoms in total. The topological polar surface area (TPSA) is 3.24 Å². The van der Waals surface area contributed by atoms with Crippen LogP contribution >= 0.6 is 0 Å². The third kappa shape index (κ3) is 5.01. The monoisotopic (exact) mass is 211 g/mol. The maximum absolute atomic E-state index is 2.48. The van der Waals surface area contributed by atoms with Gasteiger partial charge in [-0.2, -0.15) is 0 Å². The average molecular weight is 211 g/mol. The fraction of sp³-hybridized carbons (Fsp3) is 1.00. The van der Waals surface area contributed by atoms with Gasteiger partial charge in [0.05, 0.1) is 0 Å². The van der Waals surface area contributed by atoms with Gasteiger partial charge in [-0.05, 0) is 31.8 Å². The Morgan fingerprint density at radius 2 is 1.93 bits per heavy atom. The number of likely N-dealkylation sites (tertiary alicyclic amines) is 1. The van der Waals surface area contributed by atoms with Gasteiger partial charge in [-0.25, -0.2) is 0 Å². The minimum Gasteiger partial charge on any atom is -0.306 e. The van der Waals surface area contributed by atoms with E-state index in [1.54, 1.807) is 0 Å². The lowest BCUT2D eigenvalue weighted by Crippen LogP contribution is -2.18. The number of rotatable bonds is 7. The van der Waals surface area contributed by atoms with Crippen LogP contribution in [0.1, 0.15) is 58.8 Å². The number of hydrogen-bond donors (Lipinski definition) is 0. The van der Waals surface area contributed by atoms with Crippen LogP contribution in [0, 0.1) is 11.8 Å². The van der Waals surface area contributed by atoms with E-state index in [0.29, 0.717) is 0 Å². The smallest absolute Gasteiger partial charge is 0.000963 e. The average Bonchev–Trinajstić information content (AvgIpc) is 2.64. The molecule has 15 heavy (non-hydrogen) atoms. The van der Waals surface area contributed by atoms with E-state index in [2.05, 4.69) is 25.8 Å². The van der Waals surface area contributed by atoms with E-state index in [0.717, 1.165) is 11.8 Å². The zero-order valence-electron chi connectivity index (χ0n) is 11.0. The third-order valence-corrected chi connectivity index (χ3v) is 4.00. The second-order valence-corrected chi connectivity index (χ2v) is 5.49. The fourth-order valence-electron chi connectivity index (χ4n) is 2.74. The molecule has 2 unspecified atom stereocenters. The predicted molar refractivity (Wildman–Crippen MR) is 68.1 cm³/mol. The highest BCUT2D eigenvalue weighted by Crippen LogP contribution is 2.26. The molecule has 0 aromatic carbocycles. The maximum Gasteiger partial charge on any atom is 0.000963 e. The van der Waals surface area contributed by atoms with E-state index < -0.39 is 0 Å². The summed E-state index contributed by atoms with van der Waals surface area (Å²) < 4.78 is 0. The summed E-state index contributed by atoms with van der Waals surface area (Å²) in [6, 6.07) is 0. The molecule has 0 aliphatic carbocycles. The van der Waals surface area contributed by atoms with Crippen LogP contribution < -0.4 is 0 Å². The van der Waals surface area contributed by atoms with Gasteiger partial charge in [0.2, 0.25) is 0 Å². The van der Waals surface area contributed by atoms with Crippen LogP contribution in [0.5, 0.6) is 0 Å². The largest absolute Gasteiger partial charge is 0.306 e. The quantitative estimate of drug-likeness (QED) is 0.577. The highest BCUT2D eigenvalue weighted by atomic mass is 15.1. The first-order valence-electron chi connectivity index (χ1n) is 6.92. The summed E-state index contributed by atoms with van der Waals surface area (Å²) in [4.78, 5) is 2.48. The summed E-state index contributed by atoms with van der Waals surface area (Å²) in [5.41, 5.74) is 0. The molecule has 0 N–H and O–H groups in total. The Morgan fingerprint density at radius 1 is 1.20 bits per heavy atom. The Bertz CT molecular complexity index is 155. The highest BCUT2D eigenvalue weighted by Gasteiger charge is 2.24. The summed E-state index contributed by atoms with van der Waals surface area (Å²) in [7, 11) is 2.26. The van der Waals surface area contributed by atoms with Gasteiger partial charge in [-0.1, -0.05) is 52.4 Å². The molecule has 0 aromatic rings. The van der Waals surface area contributed by atoms with Crippen LogP contribution in [-0.2, 0) is 0 Å². The molecule has 1 aliphatic rings. The van der Waals surface area contributed by atoms with Gasteiger partial charge in [0.15, 0.2) is 0 Å². The molecule has 90 valence electrons. The van der Waals surface area contributed by atoms with Gasteiger partial charge in [0.1, 0.15) is 0 Å². The minimum absolute atomic E-state index is 0.955. The Morgan fingerprint density at radius 3 is 2.53 bits per heavy atom. The second-order valence-electron chi connectivity index (χ2n) is 5.49. The van der Waals surface area contributed by atoms with Crippen molar-refractivity contribution in [3.8, 4) is 0 Å². The Labute approximate surface area is 96.2 Å². The third-order valence-electron chi connectivity index (χ3n) is 4.00. The summed E-state index contributed by atoms with van der Waals surface area (Å²) in [6.45, 7) is 7.42. The van der Waals surface area contributed by atoms with Crippen molar-refractivity contribution in [2.24, 2.45) is 11.8 Å². The van der Waals surface area contributed by atoms with Crippen LogP contribution in [0.3, 0.4) is 0 Å². The Kier molecular flexibility index (Phi) is 6.31. The molecule has 1 saturated heterocycles. The van der Waals surface area contributed by atoms with Crippen molar-refractivity contribution in [1.82, 2.24) is 4.90 Å².